The number of nitrogens with one attached hydrogen (secondary N) is 1. The van der Waals surface area contributed by atoms with E-state index in [1.807, 2.05) is 18.2 Å². The Morgan fingerprint density at radius 1 is 1.40 bits per heavy atom. The van der Waals surface area contributed by atoms with Crippen LogP contribution in [0.1, 0.15) is 32.6 Å². The lowest BCUT2D eigenvalue weighted by Gasteiger charge is -2.41. The molecule has 0 spiro atoms. The molecule has 3 rings (SSSR count). The SMILES string of the molecule is CC1(C2CC(NC(=O)Oc3ccccc3)=NO2)CCC1. The Balaban J connectivity index is 1.50. The second kappa shape index (κ2) is 5.15. The van der Waals surface area contributed by atoms with Crippen molar-refractivity contribution >= 4 is 11.9 Å². The van der Waals surface area contributed by atoms with Gasteiger partial charge in [0.05, 0.1) is 0 Å². The number of hydrogen-bond acceptors (Lipinski definition) is 4. The molecule has 0 aromatic heterocycles. The molecule has 1 unspecified atom stereocenters. The second-order valence-corrected chi connectivity index (χ2v) is 5.67. The largest absolute Gasteiger partial charge is 0.418 e. The van der Waals surface area contributed by atoms with Gasteiger partial charge in [-0.2, -0.15) is 0 Å². The molecular weight excluding hydrogens is 256 g/mol. The summed E-state index contributed by atoms with van der Waals surface area (Å²) >= 11 is 0. The molecule has 0 saturated heterocycles. The van der Waals surface area contributed by atoms with Crippen molar-refractivity contribution in [1.82, 2.24) is 5.32 Å². The monoisotopic (exact) mass is 274 g/mol. The number of hydrogen-bond donors (Lipinski definition) is 1. The number of carbonyl (C=O) groups is 1. The van der Waals surface area contributed by atoms with Crippen molar-refractivity contribution in [1.29, 1.82) is 0 Å². The number of ether oxygens (including phenoxy) is 1. The normalized spacial score (nSPS) is 23.2. The molecular formula is C15H18N2O3. The Hall–Kier alpha value is -2.04. The van der Waals surface area contributed by atoms with E-state index < -0.39 is 6.09 Å². The number of para-hydroxylation sites is 1. The van der Waals surface area contributed by atoms with Gasteiger partial charge in [-0.1, -0.05) is 36.7 Å². The standard InChI is InChI=1S/C15H18N2O3/c1-15(8-5-9-15)12-10-13(17-20-12)16-14(18)19-11-6-3-2-4-7-11/h2-4,6-7,12H,5,8-10H2,1H3,(H,16,17,18). The molecule has 0 radical (unpaired) electrons. The Morgan fingerprint density at radius 2 is 2.15 bits per heavy atom. The summed E-state index contributed by atoms with van der Waals surface area (Å²) in [5.41, 5.74) is 0.205. The van der Waals surface area contributed by atoms with Gasteiger partial charge in [0.2, 0.25) is 0 Å². The van der Waals surface area contributed by atoms with Gasteiger partial charge in [0.25, 0.3) is 0 Å². The van der Waals surface area contributed by atoms with Gasteiger partial charge in [-0.25, -0.2) is 4.79 Å². The number of carbonyl (C=O) groups excluding carboxylic acids is 1. The predicted molar refractivity (Wildman–Crippen MR) is 74.5 cm³/mol. The molecule has 1 aromatic rings. The fourth-order valence-corrected chi connectivity index (χ4v) is 2.62. The van der Waals surface area contributed by atoms with E-state index in [1.165, 1.54) is 6.42 Å². The van der Waals surface area contributed by atoms with Crippen LogP contribution in [0.5, 0.6) is 5.75 Å². The van der Waals surface area contributed by atoms with E-state index in [9.17, 15) is 4.79 Å². The predicted octanol–water partition coefficient (Wildman–Crippen LogP) is 3.07. The zero-order valence-corrected chi connectivity index (χ0v) is 11.5. The summed E-state index contributed by atoms with van der Waals surface area (Å²) in [5, 5.41) is 6.59. The highest BCUT2D eigenvalue weighted by molar-refractivity contribution is 5.96. The lowest BCUT2D eigenvalue weighted by Crippen LogP contribution is -2.40. The first-order chi connectivity index (χ1) is 9.66. The fraction of sp³-hybridized carbons (Fsp3) is 0.467. The summed E-state index contributed by atoms with van der Waals surface area (Å²) in [7, 11) is 0. The molecule has 1 aliphatic heterocycles. The minimum atomic E-state index is -0.530. The molecule has 1 aromatic carbocycles. The molecule has 0 bridgehead atoms. The summed E-state index contributed by atoms with van der Waals surface area (Å²) in [5.74, 6) is 1.05. The van der Waals surface area contributed by atoms with Crippen LogP contribution in [0.25, 0.3) is 0 Å². The van der Waals surface area contributed by atoms with E-state index in [0.29, 0.717) is 18.0 Å². The zero-order chi connectivity index (χ0) is 14.0. The topological polar surface area (TPSA) is 59.9 Å². The Labute approximate surface area is 117 Å². The lowest BCUT2D eigenvalue weighted by atomic mass is 9.66. The van der Waals surface area contributed by atoms with Gasteiger partial charge < -0.3 is 9.57 Å². The third-order valence-electron chi connectivity index (χ3n) is 4.14. The van der Waals surface area contributed by atoms with Crippen LogP contribution in [-0.2, 0) is 4.84 Å². The average molecular weight is 274 g/mol. The van der Waals surface area contributed by atoms with Crippen molar-refractivity contribution in [3.05, 3.63) is 30.3 Å². The van der Waals surface area contributed by atoms with Crippen LogP contribution >= 0.6 is 0 Å². The summed E-state index contributed by atoms with van der Waals surface area (Å²) in [4.78, 5) is 17.2. The van der Waals surface area contributed by atoms with Gasteiger partial charge in [-0.05, 0) is 25.0 Å². The number of rotatable bonds is 2. The molecule has 20 heavy (non-hydrogen) atoms. The maximum absolute atomic E-state index is 11.7. The molecule has 1 heterocycles. The summed E-state index contributed by atoms with van der Waals surface area (Å²) < 4.78 is 5.15. The van der Waals surface area contributed by atoms with Crippen molar-refractivity contribution in [3.63, 3.8) is 0 Å². The molecule has 1 N–H and O–H groups in total. The quantitative estimate of drug-likeness (QED) is 0.901. The van der Waals surface area contributed by atoms with E-state index in [0.717, 1.165) is 12.8 Å². The number of oxime groups is 1. The maximum atomic E-state index is 11.7. The molecule has 5 nitrogen and oxygen atoms in total. The van der Waals surface area contributed by atoms with Crippen molar-refractivity contribution in [2.75, 3.05) is 0 Å². The fourth-order valence-electron chi connectivity index (χ4n) is 2.62. The number of amides is 1. The molecule has 1 saturated carbocycles. The van der Waals surface area contributed by atoms with Gasteiger partial charge in [-0.15, -0.1) is 0 Å². The zero-order valence-electron chi connectivity index (χ0n) is 11.5. The minimum Gasteiger partial charge on any atom is -0.410 e. The van der Waals surface area contributed by atoms with Crippen LogP contribution in [-0.4, -0.2) is 18.0 Å². The first-order valence-corrected chi connectivity index (χ1v) is 6.92. The number of amidine groups is 1. The van der Waals surface area contributed by atoms with Crippen LogP contribution in [0.3, 0.4) is 0 Å². The second-order valence-electron chi connectivity index (χ2n) is 5.67. The van der Waals surface area contributed by atoms with Gasteiger partial charge in [0.15, 0.2) is 5.84 Å². The Bertz CT molecular complexity index is 523. The molecule has 1 amide bonds. The molecule has 1 atom stereocenters. The first kappa shape index (κ1) is 13.0. The maximum Gasteiger partial charge on any atom is 0.418 e. The minimum absolute atomic E-state index is 0.0725. The van der Waals surface area contributed by atoms with Crippen LogP contribution in [0.2, 0.25) is 0 Å². The molecule has 1 aliphatic carbocycles. The molecule has 106 valence electrons. The number of benzene rings is 1. The first-order valence-electron chi connectivity index (χ1n) is 6.92. The van der Waals surface area contributed by atoms with E-state index in [4.69, 9.17) is 9.57 Å². The van der Waals surface area contributed by atoms with E-state index in [2.05, 4.69) is 17.4 Å². The van der Waals surface area contributed by atoms with Crippen molar-refractivity contribution in [2.45, 2.75) is 38.7 Å². The van der Waals surface area contributed by atoms with Crippen LogP contribution < -0.4 is 10.1 Å². The van der Waals surface area contributed by atoms with Crippen molar-refractivity contribution in [2.24, 2.45) is 10.6 Å². The van der Waals surface area contributed by atoms with E-state index in [-0.39, 0.29) is 11.5 Å². The van der Waals surface area contributed by atoms with Gasteiger partial charge in [-0.3, -0.25) is 5.32 Å². The third-order valence-corrected chi connectivity index (χ3v) is 4.14. The highest BCUT2D eigenvalue weighted by Gasteiger charge is 2.44. The highest BCUT2D eigenvalue weighted by atomic mass is 16.6. The summed E-state index contributed by atoms with van der Waals surface area (Å²) in [6.07, 6.45) is 3.75. The van der Waals surface area contributed by atoms with Gasteiger partial charge >= 0.3 is 6.09 Å². The van der Waals surface area contributed by atoms with E-state index >= 15 is 0 Å². The van der Waals surface area contributed by atoms with Gasteiger partial charge in [0.1, 0.15) is 11.9 Å². The van der Waals surface area contributed by atoms with Gasteiger partial charge in [0, 0.05) is 11.8 Å². The summed E-state index contributed by atoms with van der Waals surface area (Å²) in [6, 6.07) is 8.94. The number of nitrogens with zero attached hydrogens (tertiary/aromatic N) is 1. The average Bonchev–Trinajstić information content (AvgIpc) is 2.85. The lowest BCUT2D eigenvalue weighted by molar-refractivity contribution is -0.0523. The van der Waals surface area contributed by atoms with Crippen LogP contribution in [0.4, 0.5) is 4.79 Å². The van der Waals surface area contributed by atoms with Crippen molar-refractivity contribution < 1.29 is 14.4 Å². The third kappa shape index (κ3) is 2.61. The summed E-state index contributed by atoms with van der Waals surface area (Å²) in [6.45, 7) is 2.21. The van der Waals surface area contributed by atoms with Crippen LogP contribution in [0, 0.1) is 5.41 Å². The smallest absolute Gasteiger partial charge is 0.410 e. The Kier molecular flexibility index (Phi) is 3.34. The van der Waals surface area contributed by atoms with Crippen molar-refractivity contribution in [3.8, 4) is 5.75 Å². The van der Waals surface area contributed by atoms with E-state index in [1.54, 1.807) is 12.1 Å². The molecule has 1 fully saturated rings. The van der Waals surface area contributed by atoms with Crippen LogP contribution in [0.15, 0.2) is 35.5 Å². The molecule has 2 aliphatic rings. The molecule has 5 heteroatoms. The highest BCUT2D eigenvalue weighted by Crippen LogP contribution is 2.46. The Morgan fingerprint density at radius 3 is 2.80 bits per heavy atom.